The molecule has 0 saturated carbocycles. The lowest BCUT2D eigenvalue weighted by Crippen LogP contribution is -2.54. The molecule has 0 aliphatic rings. The van der Waals surface area contributed by atoms with Gasteiger partial charge in [0.05, 0.1) is 17.2 Å². The molecule has 0 radical (unpaired) electrons. The standard InChI is InChI=1S/C36H39Cl2N3O5S/c1-4-26(3)39-36(43)34(22-27-12-8-6-9-13-27)40(24-28-16-17-29(37)23-33(28)38)35(42)25-41(30-14-10-7-11-15-30)47(44,45)32-20-18-31(19-21-32)46-5-2/h6-21,23,26,34H,4-5,22,24-25H2,1-3H3,(H,39,43)/t26-,34-/m0/s1. The number of hydrogen-bond donors (Lipinski definition) is 1. The Morgan fingerprint density at radius 1 is 0.872 bits per heavy atom. The summed E-state index contributed by atoms with van der Waals surface area (Å²) in [7, 11) is -4.24. The quantitative estimate of drug-likeness (QED) is 0.143. The summed E-state index contributed by atoms with van der Waals surface area (Å²) in [6.07, 6.45) is 0.875. The van der Waals surface area contributed by atoms with Gasteiger partial charge in [0.2, 0.25) is 11.8 Å². The summed E-state index contributed by atoms with van der Waals surface area (Å²) in [5.41, 5.74) is 1.68. The average molecular weight is 697 g/mol. The van der Waals surface area contributed by atoms with Crippen molar-refractivity contribution in [2.24, 2.45) is 0 Å². The Bertz CT molecular complexity index is 1740. The number of nitrogens with zero attached hydrogens (tertiary/aromatic N) is 2. The Morgan fingerprint density at radius 3 is 2.11 bits per heavy atom. The molecule has 0 saturated heterocycles. The fraction of sp³-hybridized carbons (Fsp3) is 0.278. The molecule has 0 bridgehead atoms. The lowest BCUT2D eigenvalue weighted by atomic mass is 10.0. The molecule has 248 valence electrons. The fourth-order valence-electron chi connectivity index (χ4n) is 4.95. The first-order valence-electron chi connectivity index (χ1n) is 15.4. The number of hydrogen-bond acceptors (Lipinski definition) is 5. The first kappa shape index (κ1) is 35.8. The van der Waals surface area contributed by atoms with E-state index >= 15 is 0 Å². The molecule has 0 aliphatic heterocycles. The van der Waals surface area contributed by atoms with E-state index in [2.05, 4.69) is 5.32 Å². The van der Waals surface area contributed by atoms with E-state index in [9.17, 15) is 18.0 Å². The molecule has 0 heterocycles. The van der Waals surface area contributed by atoms with Crippen molar-refractivity contribution in [2.75, 3.05) is 17.5 Å². The van der Waals surface area contributed by atoms with Crippen LogP contribution in [0.3, 0.4) is 0 Å². The summed E-state index contributed by atoms with van der Waals surface area (Å²) in [5.74, 6) is -0.423. The topological polar surface area (TPSA) is 96.0 Å². The highest BCUT2D eigenvalue weighted by Gasteiger charge is 2.35. The monoisotopic (exact) mass is 695 g/mol. The Morgan fingerprint density at radius 2 is 1.51 bits per heavy atom. The van der Waals surface area contributed by atoms with Crippen LogP contribution in [0.4, 0.5) is 5.69 Å². The molecule has 0 aliphatic carbocycles. The number of ether oxygens (including phenoxy) is 1. The molecule has 0 unspecified atom stereocenters. The van der Waals surface area contributed by atoms with Crippen molar-refractivity contribution in [3.8, 4) is 5.75 Å². The van der Waals surface area contributed by atoms with E-state index in [1.165, 1.54) is 17.0 Å². The van der Waals surface area contributed by atoms with Crippen molar-refractivity contribution < 1.29 is 22.7 Å². The molecule has 0 spiro atoms. The van der Waals surface area contributed by atoms with Crippen LogP contribution in [-0.4, -0.2) is 50.4 Å². The number of sulfonamides is 1. The minimum atomic E-state index is -4.24. The van der Waals surface area contributed by atoms with Gasteiger partial charge in [-0.2, -0.15) is 0 Å². The smallest absolute Gasteiger partial charge is 0.264 e. The van der Waals surface area contributed by atoms with E-state index in [4.69, 9.17) is 27.9 Å². The second-order valence-corrected chi connectivity index (χ2v) is 13.7. The molecule has 2 atom stereocenters. The molecule has 4 aromatic rings. The number of nitrogens with one attached hydrogen (secondary N) is 1. The van der Waals surface area contributed by atoms with Crippen LogP contribution in [0.5, 0.6) is 5.75 Å². The van der Waals surface area contributed by atoms with Gasteiger partial charge in [0, 0.05) is 29.1 Å². The molecule has 8 nitrogen and oxygen atoms in total. The largest absolute Gasteiger partial charge is 0.494 e. The van der Waals surface area contributed by atoms with Crippen LogP contribution in [0.2, 0.25) is 10.0 Å². The van der Waals surface area contributed by atoms with Crippen molar-refractivity contribution in [2.45, 2.75) is 57.1 Å². The zero-order valence-corrected chi connectivity index (χ0v) is 28.9. The van der Waals surface area contributed by atoms with Gasteiger partial charge in [-0.3, -0.25) is 13.9 Å². The second-order valence-electron chi connectivity index (χ2n) is 11.0. The molecule has 11 heteroatoms. The highest BCUT2D eigenvalue weighted by Crippen LogP contribution is 2.28. The normalized spacial score (nSPS) is 12.5. The number of halogens is 2. The highest BCUT2D eigenvalue weighted by molar-refractivity contribution is 7.92. The van der Waals surface area contributed by atoms with Crippen molar-refractivity contribution in [3.05, 3.63) is 124 Å². The average Bonchev–Trinajstić information content (AvgIpc) is 3.07. The molecular formula is C36H39Cl2N3O5S. The van der Waals surface area contributed by atoms with Gasteiger partial charge < -0.3 is 15.0 Å². The number of para-hydroxylation sites is 1. The van der Waals surface area contributed by atoms with Crippen LogP contribution in [0.25, 0.3) is 0 Å². The summed E-state index contributed by atoms with van der Waals surface area (Å²) in [6.45, 7) is 5.47. The fourth-order valence-corrected chi connectivity index (χ4v) is 6.84. The first-order chi connectivity index (χ1) is 22.5. The van der Waals surface area contributed by atoms with Gasteiger partial charge in [-0.1, -0.05) is 84.7 Å². The van der Waals surface area contributed by atoms with E-state index in [1.54, 1.807) is 60.7 Å². The van der Waals surface area contributed by atoms with Gasteiger partial charge >= 0.3 is 0 Å². The van der Waals surface area contributed by atoms with Gasteiger partial charge in [0.25, 0.3) is 10.0 Å². The predicted molar refractivity (Wildman–Crippen MR) is 187 cm³/mol. The molecule has 0 fully saturated rings. The number of anilines is 1. The molecule has 4 rings (SSSR count). The number of benzene rings is 4. The van der Waals surface area contributed by atoms with Crippen molar-refractivity contribution in [1.29, 1.82) is 0 Å². The molecular weight excluding hydrogens is 657 g/mol. The third-order valence-corrected chi connectivity index (χ3v) is 10.0. The summed E-state index contributed by atoms with van der Waals surface area (Å²) in [5, 5.41) is 3.76. The number of carbonyl (C=O) groups is 2. The van der Waals surface area contributed by atoms with Gasteiger partial charge in [-0.15, -0.1) is 0 Å². The zero-order chi connectivity index (χ0) is 34.0. The van der Waals surface area contributed by atoms with E-state index < -0.39 is 28.5 Å². The van der Waals surface area contributed by atoms with Crippen molar-refractivity contribution >= 4 is 50.7 Å². The highest BCUT2D eigenvalue weighted by atomic mass is 35.5. The van der Waals surface area contributed by atoms with Crippen molar-refractivity contribution in [1.82, 2.24) is 10.2 Å². The Labute approximate surface area is 287 Å². The number of rotatable bonds is 15. The molecule has 2 amide bonds. The maximum atomic E-state index is 14.6. The van der Waals surface area contributed by atoms with Gasteiger partial charge in [0.1, 0.15) is 18.3 Å². The Kier molecular flexibility index (Phi) is 12.7. The van der Waals surface area contributed by atoms with Crippen molar-refractivity contribution in [3.63, 3.8) is 0 Å². The predicted octanol–water partition coefficient (Wildman–Crippen LogP) is 7.14. The van der Waals surface area contributed by atoms with E-state index in [1.807, 2.05) is 51.1 Å². The minimum absolute atomic E-state index is 0.0137. The zero-order valence-electron chi connectivity index (χ0n) is 26.6. The Hall–Kier alpha value is -4.05. The van der Waals surface area contributed by atoms with Gasteiger partial charge in [-0.05, 0) is 79.9 Å². The van der Waals surface area contributed by atoms with Crippen LogP contribution in [0, 0.1) is 0 Å². The molecule has 4 aromatic carbocycles. The minimum Gasteiger partial charge on any atom is -0.494 e. The summed E-state index contributed by atoms with van der Waals surface area (Å²) in [6, 6.07) is 27.6. The molecule has 0 aromatic heterocycles. The number of amides is 2. The number of carbonyl (C=O) groups excluding carboxylic acids is 2. The maximum absolute atomic E-state index is 14.6. The maximum Gasteiger partial charge on any atom is 0.264 e. The summed E-state index contributed by atoms with van der Waals surface area (Å²) in [4.78, 5) is 29.9. The van der Waals surface area contributed by atoms with Crippen LogP contribution in [0.1, 0.15) is 38.3 Å². The van der Waals surface area contributed by atoms with Gasteiger partial charge in [-0.25, -0.2) is 8.42 Å². The van der Waals surface area contributed by atoms with Crippen LogP contribution < -0.4 is 14.4 Å². The van der Waals surface area contributed by atoms with Crippen LogP contribution >= 0.6 is 23.2 Å². The Balaban J connectivity index is 1.80. The first-order valence-corrected chi connectivity index (χ1v) is 17.6. The van der Waals surface area contributed by atoms with Crippen LogP contribution in [-0.2, 0) is 32.6 Å². The SMILES string of the molecule is CCOc1ccc(S(=O)(=O)N(CC(=O)N(Cc2ccc(Cl)cc2Cl)[C@@H](Cc2ccccc2)C(=O)N[C@@H](C)CC)c2ccccc2)cc1. The molecule has 47 heavy (non-hydrogen) atoms. The van der Waals surface area contributed by atoms with Crippen LogP contribution in [0.15, 0.2) is 108 Å². The summed E-state index contributed by atoms with van der Waals surface area (Å²) < 4.78 is 34.9. The second kappa shape index (κ2) is 16.7. The van der Waals surface area contributed by atoms with E-state index in [0.29, 0.717) is 40.1 Å². The molecule has 1 N–H and O–H groups in total. The van der Waals surface area contributed by atoms with E-state index in [-0.39, 0.29) is 29.8 Å². The third kappa shape index (κ3) is 9.50. The lowest BCUT2D eigenvalue weighted by molar-refractivity contribution is -0.140. The summed E-state index contributed by atoms with van der Waals surface area (Å²) >= 11 is 12.8. The lowest BCUT2D eigenvalue weighted by Gasteiger charge is -2.34. The van der Waals surface area contributed by atoms with E-state index in [0.717, 1.165) is 9.87 Å². The third-order valence-electron chi connectivity index (χ3n) is 7.67. The van der Waals surface area contributed by atoms with Gasteiger partial charge in [0.15, 0.2) is 0 Å².